The highest BCUT2D eigenvalue weighted by atomic mass is 14.2. The Kier molecular flexibility index (Phi) is 7.51. The van der Waals surface area contributed by atoms with Crippen LogP contribution in [0.3, 0.4) is 0 Å². The van der Waals surface area contributed by atoms with Crippen LogP contribution in [-0.2, 0) is 0 Å². The van der Waals surface area contributed by atoms with E-state index in [9.17, 15) is 0 Å². The van der Waals surface area contributed by atoms with Crippen LogP contribution in [0, 0.1) is 0 Å². The number of hydrogen-bond donors (Lipinski definition) is 0. The summed E-state index contributed by atoms with van der Waals surface area (Å²) in [5, 5.41) is 10.2. The van der Waals surface area contributed by atoms with E-state index >= 15 is 0 Å². The summed E-state index contributed by atoms with van der Waals surface area (Å²) < 4.78 is 0. The quantitative estimate of drug-likeness (QED) is 0.159. The van der Waals surface area contributed by atoms with E-state index < -0.39 is 0 Å². The SMILES string of the molecule is CCC(C)c1ccc(-c2c3ccccc3c(-c3c4ccccc4c(-c4ccc(-c5ccccc5)cc4)c4ccccc34)c3ccccc23)cc1. The molecular weight excluding hydrogens is 601 g/mol. The molecule has 0 radical (unpaired) electrons. The van der Waals surface area contributed by atoms with Gasteiger partial charge in [-0.1, -0.05) is 190 Å². The second-order valence-corrected chi connectivity index (χ2v) is 13.6. The monoisotopic (exact) mass is 638 g/mol. The van der Waals surface area contributed by atoms with Crippen LogP contribution in [0.5, 0.6) is 0 Å². The number of fused-ring (bicyclic) bond motifs is 4. The highest BCUT2D eigenvalue weighted by Gasteiger charge is 2.22. The van der Waals surface area contributed by atoms with Gasteiger partial charge >= 0.3 is 0 Å². The van der Waals surface area contributed by atoms with Crippen molar-refractivity contribution >= 4 is 43.1 Å². The summed E-state index contributed by atoms with van der Waals surface area (Å²) in [6.07, 6.45) is 1.14. The van der Waals surface area contributed by atoms with Crippen molar-refractivity contribution in [2.75, 3.05) is 0 Å². The Morgan fingerprint density at radius 1 is 0.300 bits per heavy atom. The highest BCUT2D eigenvalue weighted by molar-refractivity contribution is 6.29. The van der Waals surface area contributed by atoms with Crippen molar-refractivity contribution in [1.82, 2.24) is 0 Å². The largest absolute Gasteiger partial charge is 0.0648 e. The molecule has 0 spiro atoms. The zero-order chi connectivity index (χ0) is 33.6. The van der Waals surface area contributed by atoms with E-state index in [4.69, 9.17) is 0 Å². The second kappa shape index (κ2) is 12.5. The lowest BCUT2D eigenvalue weighted by atomic mass is 9.81. The molecule has 0 saturated carbocycles. The van der Waals surface area contributed by atoms with Crippen LogP contribution in [0.2, 0.25) is 0 Å². The summed E-state index contributed by atoms with van der Waals surface area (Å²) in [5.74, 6) is 0.547. The second-order valence-electron chi connectivity index (χ2n) is 13.6. The maximum Gasteiger partial charge on any atom is -0.00139 e. The Hall–Kier alpha value is -5.98. The molecular formula is C50H38. The smallest absolute Gasteiger partial charge is 0.00139 e. The first-order chi connectivity index (χ1) is 24.7. The Bertz CT molecular complexity index is 2550. The summed E-state index contributed by atoms with van der Waals surface area (Å²) >= 11 is 0. The highest BCUT2D eigenvalue weighted by Crippen LogP contribution is 2.50. The van der Waals surface area contributed by atoms with Gasteiger partial charge in [-0.05, 0) is 105 Å². The summed E-state index contributed by atoms with van der Waals surface area (Å²) in [6.45, 7) is 4.58. The number of rotatable bonds is 6. The Morgan fingerprint density at radius 3 is 0.940 bits per heavy atom. The Morgan fingerprint density at radius 2 is 0.580 bits per heavy atom. The van der Waals surface area contributed by atoms with Crippen LogP contribution < -0.4 is 0 Å². The van der Waals surface area contributed by atoms with Crippen molar-refractivity contribution in [2.24, 2.45) is 0 Å². The van der Waals surface area contributed by atoms with Gasteiger partial charge in [-0.15, -0.1) is 0 Å². The maximum atomic E-state index is 2.33. The molecule has 0 bridgehead atoms. The van der Waals surface area contributed by atoms with Gasteiger partial charge in [0.25, 0.3) is 0 Å². The lowest BCUT2D eigenvalue weighted by molar-refractivity contribution is 0.734. The van der Waals surface area contributed by atoms with Crippen molar-refractivity contribution in [3.63, 3.8) is 0 Å². The van der Waals surface area contributed by atoms with Crippen molar-refractivity contribution in [2.45, 2.75) is 26.2 Å². The molecule has 0 aromatic heterocycles. The first-order valence-corrected chi connectivity index (χ1v) is 17.8. The van der Waals surface area contributed by atoms with Gasteiger partial charge in [-0.2, -0.15) is 0 Å². The molecule has 0 aliphatic heterocycles. The lowest BCUT2D eigenvalue weighted by Crippen LogP contribution is -1.95. The van der Waals surface area contributed by atoms with Gasteiger partial charge in [0, 0.05) is 0 Å². The van der Waals surface area contributed by atoms with Crippen molar-refractivity contribution in [3.05, 3.63) is 181 Å². The first-order valence-electron chi connectivity index (χ1n) is 17.8. The summed E-state index contributed by atoms with van der Waals surface area (Å²) in [6, 6.07) is 65.1. The molecule has 0 fully saturated rings. The Labute approximate surface area is 294 Å². The zero-order valence-electron chi connectivity index (χ0n) is 28.5. The van der Waals surface area contributed by atoms with Crippen LogP contribution >= 0.6 is 0 Å². The van der Waals surface area contributed by atoms with Crippen LogP contribution in [0.15, 0.2) is 176 Å². The molecule has 0 aliphatic carbocycles. The maximum absolute atomic E-state index is 2.33. The van der Waals surface area contributed by atoms with E-state index in [1.165, 1.54) is 93.2 Å². The zero-order valence-corrected chi connectivity index (χ0v) is 28.5. The molecule has 1 atom stereocenters. The number of hydrogen-bond acceptors (Lipinski definition) is 0. The molecule has 9 aromatic carbocycles. The van der Waals surface area contributed by atoms with E-state index in [0.717, 1.165) is 6.42 Å². The topological polar surface area (TPSA) is 0 Å². The fourth-order valence-corrected chi connectivity index (χ4v) is 8.09. The average Bonchev–Trinajstić information content (AvgIpc) is 3.19. The number of benzene rings is 9. The molecule has 0 heterocycles. The minimum Gasteiger partial charge on any atom is -0.0648 e. The van der Waals surface area contributed by atoms with Crippen molar-refractivity contribution in [1.29, 1.82) is 0 Å². The summed E-state index contributed by atoms with van der Waals surface area (Å²) in [4.78, 5) is 0. The van der Waals surface area contributed by atoms with Crippen molar-refractivity contribution in [3.8, 4) is 44.5 Å². The molecule has 0 heteroatoms. The minimum absolute atomic E-state index is 0.547. The minimum atomic E-state index is 0.547. The molecule has 0 nitrogen and oxygen atoms in total. The van der Waals surface area contributed by atoms with E-state index in [0.29, 0.717) is 5.92 Å². The summed E-state index contributed by atoms with van der Waals surface area (Å²) in [7, 11) is 0. The van der Waals surface area contributed by atoms with Crippen LogP contribution in [-0.4, -0.2) is 0 Å². The fourth-order valence-electron chi connectivity index (χ4n) is 8.09. The third-order valence-corrected chi connectivity index (χ3v) is 10.8. The Balaban J connectivity index is 1.35. The van der Waals surface area contributed by atoms with Gasteiger partial charge in [0.1, 0.15) is 0 Å². The summed E-state index contributed by atoms with van der Waals surface area (Å²) in [5.41, 5.74) is 11.5. The van der Waals surface area contributed by atoms with Crippen LogP contribution in [0.1, 0.15) is 31.7 Å². The molecule has 0 amide bonds. The van der Waals surface area contributed by atoms with Crippen LogP contribution in [0.25, 0.3) is 87.6 Å². The molecule has 9 rings (SSSR count). The van der Waals surface area contributed by atoms with Gasteiger partial charge in [0.2, 0.25) is 0 Å². The molecule has 1 unspecified atom stereocenters. The van der Waals surface area contributed by atoms with E-state index in [1.807, 2.05) is 0 Å². The predicted molar refractivity (Wildman–Crippen MR) is 217 cm³/mol. The molecule has 50 heavy (non-hydrogen) atoms. The van der Waals surface area contributed by atoms with Gasteiger partial charge in [-0.3, -0.25) is 0 Å². The van der Waals surface area contributed by atoms with Gasteiger partial charge < -0.3 is 0 Å². The molecule has 238 valence electrons. The fraction of sp³-hybridized carbons (Fsp3) is 0.0800. The van der Waals surface area contributed by atoms with Gasteiger partial charge in [0.05, 0.1) is 0 Å². The molecule has 9 aromatic rings. The predicted octanol–water partition coefficient (Wildman–Crippen LogP) is 14.5. The molecule has 0 saturated heterocycles. The van der Waals surface area contributed by atoms with Crippen LogP contribution in [0.4, 0.5) is 0 Å². The lowest BCUT2D eigenvalue weighted by Gasteiger charge is -2.22. The molecule has 0 aliphatic rings. The van der Waals surface area contributed by atoms with Crippen molar-refractivity contribution < 1.29 is 0 Å². The third kappa shape index (κ3) is 4.91. The van der Waals surface area contributed by atoms with E-state index in [1.54, 1.807) is 0 Å². The standard InChI is InChI=1S/C50H38/c1-3-33(2)34-25-29-37(30-26-34)47-39-17-7-11-21-43(39)49(44-22-12-8-18-40(44)47)50-45-23-13-9-19-41(45)48(42-20-10-14-24-46(42)50)38-31-27-36(28-32-38)35-15-5-4-6-16-35/h4-33H,3H2,1-2H3. The normalized spacial score (nSPS) is 12.2. The van der Waals surface area contributed by atoms with Gasteiger partial charge in [-0.25, -0.2) is 0 Å². The average molecular weight is 639 g/mol. The molecule has 0 N–H and O–H groups in total. The van der Waals surface area contributed by atoms with E-state index in [-0.39, 0.29) is 0 Å². The third-order valence-electron chi connectivity index (χ3n) is 10.8. The van der Waals surface area contributed by atoms with Gasteiger partial charge in [0.15, 0.2) is 0 Å². The van der Waals surface area contributed by atoms with E-state index in [2.05, 4.69) is 190 Å². The first kappa shape index (κ1) is 30.1.